The van der Waals surface area contributed by atoms with Gasteiger partial charge in [-0.1, -0.05) is 35.9 Å². The molecule has 0 saturated heterocycles. The number of nitrogens with zero attached hydrogens (tertiary/aromatic N) is 1. The number of benzene rings is 3. The molecule has 3 aromatic rings. The van der Waals surface area contributed by atoms with E-state index in [-0.39, 0.29) is 18.2 Å². The minimum Gasteiger partial charge on any atom is -0.495 e. The predicted molar refractivity (Wildman–Crippen MR) is 141 cm³/mol. The quantitative estimate of drug-likeness (QED) is 0.377. The Morgan fingerprint density at radius 2 is 1.70 bits per heavy atom. The highest BCUT2D eigenvalue weighted by Gasteiger charge is 2.35. The molecule has 0 radical (unpaired) electrons. The summed E-state index contributed by atoms with van der Waals surface area (Å²) in [5.74, 6) is 1.49. The molecule has 1 atom stereocenters. The topological polar surface area (TPSA) is 86.3 Å². The molecule has 0 saturated carbocycles. The van der Waals surface area contributed by atoms with E-state index in [2.05, 4.69) is 5.32 Å². The van der Waals surface area contributed by atoms with E-state index in [9.17, 15) is 9.59 Å². The van der Waals surface area contributed by atoms with Gasteiger partial charge in [-0.2, -0.15) is 0 Å². The van der Waals surface area contributed by atoms with Crippen LogP contribution in [0.1, 0.15) is 40.9 Å². The number of nitrogens with one attached hydrogen (secondary N) is 1. The van der Waals surface area contributed by atoms with Gasteiger partial charge in [-0.05, 0) is 42.3 Å². The van der Waals surface area contributed by atoms with Gasteiger partial charge < -0.3 is 29.2 Å². The van der Waals surface area contributed by atoms with Gasteiger partial charge in [0.25, 0.3) is 5.91 Å². The molecule has 37 heavy (non-hydrogen) atoms. The van der Waals surface area contributed by atoms with Crippen LogP contribution in [0.4, 0.5) is 5.69 Å². The van der Waals surface area contributed by atoms with Crippen molar-refractivity contribution in [1.29, 1.82) is 0 Å². The number of rotatable bonds is 10. The number of hydrogen-bond donors (Lipinski definition) is 1. The minimum atomic E-state index is -0.566. The van der Waals surface area contributed by atoms with Crippen molar-refractivity contribution in [3.8, 4) is 23.0 Å². The lowest BCUT2D eigenvalue weighted by molar-refractivity contribution is -0.117. The van der Waals surface area contributed by atoms with Gasteiger partial charge in [0.1, 0.15) is 11.5 Å². The Morgan fingerprint density at radius 1 is 0.973 bits per heavy atom. The number of fused-ring (bicyclic) bond motifs is 1. The van der Waals surface area contributed by atoms with Crippen LogP contribution in [-0.4, -0.2) is 44.7 Å². The maximum absolute atomic E-state index is 13.4. The molecule has 0 aromatic heterocycles. The SMILES string of the molecule is CCOc1ccc([C@H](CC(=O)Nc2cc(Cl)c(OC)cc2OC)N2Cc3ccccc3C2=O)cc1OC. The lowest BCUT2D eigenvalue weighted by Gasteiger charge is -2.28. The molecule has 194 valence electrons. The van der Waals surface area contributed by atoms with Crippen LogP contribution in [0.3, 0.4) is 0 Å². The first-order valence-corrected chi connectivity index (χ1v) is 12.2. The Kier molecular flexibility index (Phi) is 8.08. The van der Waals surface area contributed by atoms with E-state index in [1.165, 1.54) is 14.2 Å². The van der Waals surface area contributed by atoms with Gasteiger partial charge in [0.05, 0.1) is 51.1 Å². The number of methoxy groups -OCH3 is 3. The second kappa shape index (κ2) is 11.4. The number of ether oxygens (including phenoxy) is 4. The second-order valence-electron chi connectivity index (χ2n) is 8.39. The zero-order valence-corrected chi connectivity index (χ0v) is 21.9. The number of hydrogen-bond acceptors (Lipinski definition) is 6. The molecule has 4 rings (SSSR count). The molecule has 8 nitrogen and oxygen atoms in total. The molecule has 0 fully saturated rings. The highest BCUT2D eigenvalue weighted by Crippen LogP contribution is 2.39. The largest absolute Gasteiger partial charge is 0.495 e. The first-order chi connectivity index (χ1) is 17.9. The van der Waals surface area contributed by atoms with Crippen LogP contribution in [0.15, 0.2) is 54.6 Å². The fraction of sp³-hybridized carbons (Fsp3) is 0.286. The Hall–Kier alpha value is -3.91. The number of anilines is 1. The Balaban J connectivity index is 1.67. The third kappa shape index (κ3) is 5.44. The zero-order valence-electron chi connectivity index (χ0n) is 21.2. The summed E-state index contributed by atoms with van der Waals surface area (Å²) in [6.45, 7) is 2.76. The number of carbonyl (C=O) groups is 2. The fourth-order valence-electron chi connectivity index (χ4n) is 4.44. The average Bonchev–Trinajstić information content (AvgIpc) is 3.24. The molecule has 9 heteroatoms. The van der Waals surface area contributed by atoms with Crippen LogP contribution in [0.25, 0.3) is 0 Å². The van der Waals surface area contributed by atoms with Crippen molar-refractivity contribution in [3.05, 3.63) is 76.3 Å². The van der Waals surface area contributed by atoms with Crippen LogP contribution in [0.5, 0.6) is 23.0 Å². The highest BCUT2D eigenvalue weighted by atomic mass is 35.5. The molecule has 2 amide bonds. The first kappa shape index (κ1) is 26.2. The molecule has 0 spiro atoms. The van der Waals surface area contributed by atoms with Crippen LogP contribution >= 0.6 is 11.6 Å². The van der Waals surface area contributed by atoms with Gasteiger partial charge in [-0.15, -0.1) is 0 Å². The van der Waals surface area contributed by atoms with Crippen molar-refractivity contribution in [2.45, 2.75) is 25.9 Å². The van der Waals surface area contributed by atoms with Gasteiger partial charge in [-0.3, -0.25) is 9.59 Å². The van der Waals surface area contributed by atoms with E-state index >= 15 is 0 Å². The third-order valence-electron chi connectivity index (χ3n) is 6.22. The molecule has 3 aromatic carbocycles. The van der Waals surface area contributed by atoms with Crippen LogP contribution in [0.2, 0.25) is 5.02 Å². The van der Waals surface area contributed by atoms with Crippen molar-refractivity contribution in [2.75, 3.05) is 33.3 Å². The molecule has 1 N–H and O–H groups in total. The molecule has 1 aliphatic heterocycles. The molecule has 0 unspecified atom stereocenters. The summed E-state index contributed by atoms with van der Waals surface area (Å²) in [5, 5.41) is 3.21. The number of carbonyl (C=O) groups excluding carboxylic acids is 2. The smallest absolute Gasteiger partial charge is 0.255 e. The standard InChI is InChI=1S/C28H29ClN2O6/c1-5-37-23-11-10-17(12-26(23)36-4)22(31-16-18-8-6-7-9-19(18)28(31)33)14-27(32)30-21-13-20(29)24(34-2)15-25(21)35-3/h6-13,15,22H,5,14,16H2,1-4H3,(H,30,32)/t22-/m0/s1. The Bertz CT molecular complexity index is 1310. The summed E-state index contributed by atoms with van der Waals surface area (Å²) in [6.07, 6.45) is -0.0103. The third-order valence-corrected chi connectivity index (χ3v) is 6.52. The molecular weight excluding hydrogens is 496 g/mol. The summed E-state index contributed by atoms with van der Waals surface area (Å²) in [7, 11) is 4.55. The van der Waals surface area contributed by atoms with Gasteiger partial charge in [0, 0.05) is 18.2 Å². The van der Waals surface area contributed by atoms with Crippen molar-refractivity contribution in [1.82, 2.24) is 4.90 Å². The van der Waals surface area contributed by atoms with Gasteiger partial charge in [0.2, 0.25) is 5.91 Å². The van der Waals surface area contributed by atoms with E-state index < -0.39 is 6.04 Å². The van der Waals surface area contributed by atoms with Gasteiger partial charge in [-0.25, -0.2) is 0 Å². The Labute approximate surface area is 221 Å². The normalized spacial score (nSPS) is 13.1. The lowest BCUT2D eigenvalue weighted by Crippen LogP contribution is -2.32. The molecule has 0 bridgehead atoms. The second-order valence-corrected chi connectivity index (χ2v) is 8.80. The maximum Gasteiger partial charge on any atom is 0.255 e. The zero-order chi connectivity index (χ0) is 26.5. The van der Waals surface area contributed by atoms with Crippen molar-refractivity contribution in [3.63, 3.8) is 0 Å². The first-order valence-electron chi connectivity index (χ1n) is 11.8. The van der Waals surface area contributed by atoms with Crippen LogP contribution in [-0.2, 0) is 11.3 Å². The Morgan fingerprint density at radius 3 is 2.38 bits per heavy atom. The van der Waals surface area contributed by atoms with E-state index in [0.29, 0.717) is 52.4 Å². The minimum absolute atomic E-state index is 0.0103. The van der Waals surface area contributed by atoms with E-state index in [0.717, 1.165) is 11.1 Å². The average molecular weight is 525 g/mol. The van der Waals surface area contributed by atoms with E-state index in [1.807, 2.05) is 37.3 Å². The summed E-state index contributed by atoms with van der Waals surface area (Å²) in [4.78, 5) is 28.4. The van der Waals surface area contributed by atoms with Gasteiger partial charge in [0.15, 0.2) is 11.5 Å². The highest BCUT2D eigenvalue weighted by molar-refractivity contribution is 6.32. The number of halogens is 1. The van der Waals surface area contributed by atoms with Crippen molar-refractivity contribution in [2.24, 2.45) is 0 Å². The van der Waals surface area contributed by atoms with Gasteiger partial charge >= 0.3 is 0 Å². The van der Waals surface area contributed by atoms with E-state index in [4.69, 9.17) is 30.5 Å². The monoisotopic (exact) mass is 524 g/mol. The number of amides is 2. The maximum atomic E-state index is 13.4. The fourth-order valence-corrected chi connectivity index (χ4v) is 4.68. The van der Waals surface area contributed by atoms with Crippen molar-refractivity contribution >= 4 is 29.1 Å². The molecule has 0 aliphatic carbocycles. The predicted octanol–water partition coefficient (Wildman–Crippen LogP) is 5.49. The summed E-state index contributed by atoms with van der Waals surface area (Å²) in [6, 6.07) is 15.5. The summed E-state index contributed by atoms with van der Waals surface area (Å²) < 4.78 is 21.8. The lowest BCUT2D eigenvalue weighted by atomic mass is 10.0. The molecular formula is C28H29ClN2O6. The van der Waals surface area contributed by atoms with E-state index in [1.54, 1.807) is 36.3 Å². The molecule has 1 heterocycles. The van der Waals surface area contributed by atoms with Crippen molar-refractivity contribution < 1.29 is 28.5 Å². The summed E-state index contributed by atoms with van der Waals surface area (Å²) >= 11 is 6.28. The van der Waals surface area contributed by atoms with Crippen LogP contribution < -0.4 is 24.3 Å². The van der Waals surface area contributed by atoms with Crippen LogP contribution in [0, 0.1) is 0 Å². The summed E-state index contributed by atoms with van der Waals surface area (Å²) in [5.41, 5.74) is 2.70. The molecule has 1 aliphatic rings.